The van der Waals surface area contributed by atoms with Gasteiger partial charge in [0, 0.05) is 6.54 Å². The van der Waals surface area contributed by atoms with Gasteiger partial charge in [-0.15, -0.1) is 0 Å². The maximum Gasteiger partial charge on any atom is 0.123 e. The van der Waals surface area contributed by atoms with Crippen molar-refractivity contribution >= 4 is 0 Å². The Hall–Kier alpha value is -0.930. The average Bonchev–Trinajstić information content (AvgIpc) is 2.40. The molecule has 1 heterocycles. The van der Waals surface area contributed by atoms with Crippen LogP contribution in [0.15, 0.2) is 24.3 Å². The molecular formula is C15H23FN2. The summed E-state index contributed by atoms with van der Waals surface area (Å²) in [4.78, 5) is 2.50. The van der Waals surface area contributed by atoms with E-state index in [1.54, 1.807) is 12.1 Å². The van der Waals surface area contributed by atoms with Crippen LogP contribution < -0.4 is 5.73 Å². The molecule has 1 aromatic carbocycles. The largest absolute Gasteiger partial charge is 0.330 e. The molecule has 18 heavy (non-hydrogen) atoms. The minimum absolute atomic E-state index is 0.158. The highest BCUT2D eigenvalue weighted by atomic mass is 19.1. The Bertz CT molecular complexity index is 355. The summed E-state index contributed by atoms with van der Waals surface area (Å²) in [5.41, 5.74) is 6.92. The molecule has 2 rings (SSSR count). The van der Waals surface area contributed by atoms with Crippen LogP contribution in [0.3, 0.4) is 0 Å². The Kier molecular flexibility index (Phi) is 4.72. The first-order valence-electron chi connectivity index (χ1n) is 6.87. The van der Waals surface area contributed by atoms with Crippen LogP contribution in [-0.4, -0.2) is 31.1 Å². The van der Waals surface area contributed by atoms with Gasteiger partial charge in [-0.05, 0) is 62.0 Å². The van der Waals surface area contributed by atoms with Crippen molar-refractivity contribution in [1.29, 1.82) is 0 Å². The molecule has 0 radical (unpaired) electrons. The van der Waals surface area contributed by atoms with Gasteiger partial charge in [0.2, 0.25) is 0 Å². The maximum atomic E-state index is 12.9. The number of likely N-dealkylation sites (tertiary alicyclic amines) is 1. The lowest BCUT2D eigenvalue weighted by atomic mass is 9.95. The molecular weight excluding hydrogens is 227 g/mol. The Balaban J connectivity index is 1.84. The number of nitrogens with two attached hydrogens (primary N) is 1. The summed E-state index contributed by atoms with van der Waals surface area (Å²) < 4.78 is 12.9. The van der Waals surface area contributed by atoms with Crippen LogP contribution in [-0.2, 0) is 0 Å². The van der Waals surface area contributed by atoms with Crippen LogP contribution in [0.1, 0.15) is 31.2 Å². The molecule has 3 heteroatoms. The molecule has 0 aliphatic carbocycles. The topological polar surface area (TPSA) is 29.3 Å². The first-order chi connectivity index (χ1) is 8.69. The number of hydrogen-bond acceptors (Lipinski definition) is 2. The van der Waals surface area contributed by atoms with Gasteiger partial charge in [-0.3, -0.25) is 0 Å². The standard InChI is InChI=1S/C15H23FN2/c1-12(14-2-4-15(16)5-3-14)11-18-8-6-13(10-17)7-9-18/h2-5,12-13H,6-11,17H2,1H3. The van der Waals surface area contributed by atoms with Gasteiger partial charge in [0.05, 0.1) is 0 Å². The lowest BCUT2D eigenvalue weighted by Gasteiger charge is -2.33. The molecule has 0 bridgehead atoms. The van der Waals surface area contributed by atoms with Gasteiger partial charge < -0.3 is 10.6 Å². The molecule has 2 nitrogen and oxygen atoms in total. The normalized spacial score (nSPS) is 19.9. The van der Waals surface area contributed by atoms with Gasteiger partial charge in [0.15, 0.2) is 0 Å². The van der Waals surface area contributed by atoms with E-state index in [-0.39, 0.29) is 5.82 Å². The zero-order chi connectivity index (χ0) is 13.0. The molecule has 1 atom stereocenters. The second kappa shape index (κ2) is 6.30. The molecule has 2 N–H and O–H groups in total. The fraction of sp³-hybridized carbons (Fsp3) is 0.600. The van der Waals surface area contributed by atoms with E-state index in [1.165, 1.54) is 18.4 Å². The fourth-order valence-electron chi connectivity index (χ4n) is 2.69. The molecule has 1 unspecified atom stereocenters. The Morgan fingerprint density at radius 2 is 1.89 bits per heavy atom. The van der Waals surface area contributed by atoms with E-state index >= 15 is 0 Å². The highest BCUT2D eigenvalue weighted by Crippen LogP contribution is 2.21. The quantitative estimate of drug-likeness (QED) is 0.890. The highest BCUT2D eigenvalue weighted by molar-refractivity contribution is 5.20. The van der Waals surface area contributed by atoms with E-state index in [0.717, 1.165) is 26.2 Å². The van der Waals surface area contributed by atoms with Crippen LogP contribution in [0.4, 0.5) is 4.39 Å². The zero-order valence-corrected chi connectivity index (χ0v) is 11.1. The summed E-state index contributed by atoms with van der Waals surface area (Å²) in [5, 5.41) is 0. The summed E-state index contributed by atoms with van der Waals surface area (Å²) in [5.74, 6) is 1.01. The average molecular weight is 250 g/mol. The molecule has 1 aliphatic rings. The van der Waals surface area contributed by atoms with Crippen LogP contribution in [0, 0.1) is 11.7 Å². The molecule has 1 saturated heterocycles. The molecule has 0 saturated carbocycles. The van der Waals surface area contributed by atoms with E-state index in [9.17, 15) is 4.39 Å². The molecule has 100 valence electrons. The zero-order valence-electron chi connectivity index (χ0n) is 11.1. The van der Waals surface area contributed by atoms with Gasteiger partial charge >= 0.3 is 0 Å². The summed E-state index contributed by atoms with van der Waals surface area (Å²) in [6.45, 7) is 6.38. The fourth-order valence-corrected chi connectivity index (χ4v) is 2.69. The minimum atomic E-state index is -0.158. The third kappa shape index (κ3) is 3.53. The van der Waals surface area contributed by atoms with Gasteiger partial charge in [-0.1, -0.05) is 19.1 Å². The van der Waals surface area contributed by atoms with Crippen molar-refractivity contribution in [3.05, 3.63) is 35.6 Å². The summed E-state index contributed by atoms with van der Waals surface area (Å²) >= 11 is 0. The molecule has 0 aromatic heterocycles. The molecule has 0 spiro atoms. The van der Waals surface area contributed by atoms with Crippen molar-refractivity contribution in [2.75, 3.05) is 26.2 Å². The van der Waals surface area contributed by atoms with Crippen molar-refractivity contribution in [1.82, 2.24) is 4.90 Å². The first-order valence-corrected chi connectivity index (χ1v) is 6.87. The van der Waals surface area contributed by atoms with Crippen LogP contribution in [0.2, 0.25) is 0 Å². The van der Waals surface area contributed by atoms with Gasteiger partial charge in [0.1, 0.15) is 5.82 Å². The Morgan fingerprint density at radius 3 is 2.44 bits per heavy atom. The number of halogens is 1. The smallest absolute Gasteiger partial charge is 0.123 e. The number of piperidine rings is 1. The Morgan fingerprint density at radius 1 is 1.28 bits per heavy atom. The van der Waals surface area contributed by atoms with E-state index in [2.05, 4.69) is 11.8 Å². The summed E-state index contributed by atoms with van der Waals surface area (Å²) in [7, 11) is 0. The molecule has 1 aromatic rings. The van der Waals surface area contributed by atoms with E-state index in [4.69, 9.17) is 5.73 Å². The van der Waals surface area contributed by atoms with Crippen molar-refractivity contribution in [2.24, 2.45) is 11.7 Å². The van der Waals surface area contributed by atoms with Gasteiger partial charge in [0.25, 0.3) is 0 Å². The van der Waals surface area contributed by atoms with Crippen molar-refractivity contribution in [3.8, 4) is 0 Å². The predicted octanol–water partition coefficient (Wildman–Crippen LogP) is 2.60. The lowest BCUT2D eigenvalue weighted by Crippen LogP contribution is -2.38. The highest BCUT2D eigenvalue weighted by Gasteiger charge is 2.19. The van der Waals surface area contributed by atoms with Gasteiger partial charge in [-0.25, -0.2) is 4.39 Å². The van der Waals surface area contributed by atoms with Crippen LogP contribution in [0.5, 0.6) is 0 Å². The third-order valence-corrected chi connectivity index (χ3v) is 4.01. The van der Waals surface area contributed by atoms with Gasteiger partial charge in [-0.2, -0.15) is 0 Å². The molecule has 1 aliphatic heterocycles. The van der Waals surface area contributed by atoms with E-state index in [1.807, 2.05) is 12.1 Å². The van der Waals surface area contributed by atoms with Crippen molar-refractivity contribution in [3.63, 3.8) is 0 Å². The maximum absolute atomic E-state index is 12.9. The van der Waals surface area contributed by atoms with Crippen molar-refractivity contribution < 1.29 is 4.39 Å². The van der Waals surface area contributed by atoms with E-state index in [0.29, 0.717) is 11.8 Å². The lowest BCUT2D eigenvalue weighted by molar-refractivity contribution is 0.180. The number of rotatable bonds is 4. The minimum Gasteiger partial charge on any atom is -0.330 e. The first kappa shape index (κ1) is 13.5. The van der Waals surface area contributed by atoms with E-state index < -0.39 is 0 Å². The monoisotopic (exact) mass is 250 g/mol. The third-order valence-electron chi connectivity index (χ3n) is 4.01. The summed E-state index contributed by atoms with van der Waals surface area (Å²) in [6, 6.07) is 6.89. The van der Waals surface area contributed by atoms with Crippen LogP contribution >= 0.6 is 0 Å². The second-order valence-corrected chi connectivity index (χ2v) is 5.43. The SMILES string of the molecule is CC(CN1CCC(CN)CC1)c1ccc(F)cc1. The molecule has 0 amide bonds. The Labute approximate surface area is 109 Å². The van der Waals surface area contributed by atoms with Crippen LogP contribution in [0.25, 0.3) is 0 Å². The number of benzene rings is 1. The summed E-state index contributed by atoms with van der Waals surface area (Å²) in [6.07, 6.45) is 2.43. The number of nitrogens with zero attached hydrogens (tertiary/aromatic N) is 1. The molecule has 1 fully saturated rings. The number of hydrogen-bond donors (Lipinski definition) is 1. The van der Waals surface area contributed by atoms with Crippen molar-refractivity contribution in [2.45, 2.75) is 25.7 Å². The second-order valence-electron chi connectivity index (χ2n) is 5.43. The predicted molar refractivity (Wildman–Crippen MR) is 73.0 cm³/mol.